The third-order valence-corrected chi connectivity index (χ3v) is 4.11. The van der Waals surface area contributed by atoms with Crippen molar-refractivity contribution in [1.82, 2.24) is 5.32 Å². The van der Waals surface area contributed by atoms with Crippen LogP contribution in [0.5, 0.6) is 0 Å². The Bertz CT molecular complexity index is 782. The van der Waals surface area contributed by atoms with Crippen LogP contribution in [0, 0.1) is 29.1 Å². The molecule has 1 aromatic heterocycles. The summed E-state index contributed by atoms with van der Waals surface area (Å²) < 4.78 is 66.4. The van der Waals surface area contributed by atoms with Gasteiger partial charge in [-0.15, -0.1) is 11.3 Å². The maximum absolute atomic E-state index is 13.6. The summed E-state index contributed by atoms with van der Waals surface area (Å²) in [6.45, 7) is 1.21. The monoisotopic (exact) mass is 378 g/mol. The highest BCUT2D eigenvalue weighted by atomic mass is 32.1. The summed E-state index contributed by atoms with van der Waals surface area (Å²) in [5.74, 6) is -12.4. The maximum atomic E-state index is 13.6. The molecule has 0 aliphatic rings. The number of carbonyl (C=O) groups excluding carboxylic acids is 2. The molecule has 0 aliphatic heterocycles. The Kier molecular flexibility index (Phi) is 5.73. The number of anilines is 1. The SMILES string of the molecule is CC(=O)N[C@H](CC(=O)Nc1c(F)c(F)c(F)c(F)c1F)c1cccs1. The summed E-state index contributed by atoms with van der Waals surface area (Å²) in [5.41, 5.74) is -1.44. The molecular formula is C15H11F5N2O2S. The van der Waals surface area contributed by atoms with E-state index in [9.17, 15) is 31.5 Å². The summed E-state index contributed by atoms with van der Waals surface area (Å²) in [6, 6.07) is 2.48. The van der Waals surface area contributed by atoms with Gasteiger partial charge in [-0.3, -0.25) is 9.59 Å². The van der Waals surface area contributed by atoms with Gasteiger partial charge >= 0.3 is 0 Å². The predicted molar refractivity (Wildman–Crippen MR) is 80.4 cm³/mol. The summed E-state index contributed by atoms with van der Waals surface area (Å²) in [4.78, 5) is 23.8. The molecule has 0 radical (unpaired) electrons. The molecule has 0 unspecified atom stereocenters. The zero-order valence-corrected chi connectivity index (χ0v) is 13.4. The molecule has 0 bridgehead atoms. The van der Waals surface area contributed by atoms with E-state index in [4.69, 9.17) is 0 Å². The van der Waals surface area contributed by atoms with Crippen LogP contribution in [-0.2, 0) is 9.59 Å². The van der Waals surface area contributed by atoms with Crippen LogP contribution < -0.4 is 10.6 Å². The van der Waals surface area contributed by atoms with E-state index < -0.39 is 59.1 Å². The van der Waals surface area contributed by atoms with Crippen molar-refractivity contribution >= 4 is 28.8 Å². The normalized spacial score (nSPS) is 11.9. The fourth-order valence-electron chi connectivity index (χ4n) is 2.05. The Morgan fingerprint density at radius 3 is 2.08 bits per heavy atom. The minimum atomic E-state index is -2.32. The predicted octanol–water partition coefficient (Wildman–Crippen LogP) is 3.65. The van der Waals surface area contributed by atoms with Crippen LogP contribution in [0.3, 0.4) is 0 Å². The average Bonchev–Trinajstić information content (AvgIpc) is 3.08. The third kappa shape index (κ3) is 4.13. The number of thiophene rings is 1. The molecule has 0 saturated heterocycles. The molecule has 1 atom stereocenters. The summed E-state index contributed by atoms with van der Waals surface area (Å²) >= 11 is 1.22. The van der Waals surface area contributed by atoms with Crippen molar-refractivity contribution < 1.29 is 31.5 Å². The number of carbonyl (C=O) groups is 2. The molecule has 2 amide bonds. The number of benzene rings is 1. The van der Waals surface area contributed by atoms with Gasteiger partial charge in [0.15, 0.2) is 23.3 Å². The number of rotatable bonds is 5. The fraction of sp³-hybridized carbons (Fsp3) is 0.200. The van der Waals surface area contributed by atoms with Crippen LogP contribution in [0.15, 0.2) is 17.5 Å². The fourth-order valence-corrected chi connectivity index (χ4v) is 2.83. The number of nitrogens with one attached hydrogen (secondary N) is 2. The molecule has 25 heavy (non-hydrogen) atoms. The van der Waals surface area contributed by atoms with Gasteiger partial charge in [0.05, 0.1) is 12.5 Å². The van der Waals surface area contributed by atoms with E-state index in [-0.39, 0.29) is 0 Å². The van der Waals surface area contributed by atoms with Crippen LogP contribution in [0.4, 0.5) is 27.6 Å². The van der Waals surface area contributed by atoms with Crippen LogP contribution in [0.25, 0.3) is 0 Å². The van der Waals surface area contributed by atoms with Crippen LogP contribution in [-0.4, -0.2) is 11.8 Å². The zero-order chi connectivity index (χ0) is 18.7. The topological polar surface area (TPSA) is 58.2 Å². The molecule has 134 valence electrons. The van der Waals surface area contributed by atoms with Crippen molar-refractivity contribution in [3.05, 3.63) is 51.5 Å². The number of hydrogen-bond donors (Lipinski definition) is 2. The van der Waals surface area contributed by atoms with Gasteiger partial charge in [-0.1, -0.05) is 6.07 Å². The molecule has 0 spiro atoms. The van der Waals surface area contributed by atoms with Gasteiger partial charge in [0.25, 0.3) is 0 Å². The molecule has 2 N–H and O–H groups in total. The van der Waals surface area contributed by atoms with Crippen molar-refractivity contribution in [2.75, 3.05) is 5.32 Å². The first-order valence-corrected chi connectivity index (χ1v) is 7.72. The molecule has 0 fully saturated rings. The Labute approximate surface area is 142 Å². The first kappa shape index (κ1) is 18.8. The van der Waals surface area contributed by atoms with E-state index in [0.717, 1.165) is 0 Å². The Morgan fingerprint density at radius 2 is 1.60 bits per heavy atom. The number of halogens is 5. The first-order valence-electron chi connectivity index (χ1n) is 6.84. The van der Waals surface area contributed by atoms with Gasteiger partial charge in [-0.05, 0) is 11.4 Å². The standard InChI is InChI=1S/C15H11F5N2O2S/c1-6(23)21-7(8-3-2-4-25-8)5-9(24)22-15-13(19)11(17)10(16)12(18)14(15)20/h2-4,7H,5H2,1H3,(H,21,23)(H,22,24)/t7-/m1/s1. The second kappa shape index (κ2) is 7.60. The summed E-state index contributed by atoms with van der Waals surface area (Å²) in [5, 5.41) is 5.83. The Morgan fingerprint density at radius 1 is 1.04 bits per heavy atom. The second-order valence-corrected chi connectivity index (χ2v) is 5.95. The number of hydrogen-bond acceptors (Lipinski definition) is 3. The molecule has 1 heterocycles. The van der Waals surface area contributed by atoms with Crippen LogP contribution in [0.1, 0.15) is 24.3 Å². The third-order valence-electron chi connectivity index (χ3n) is 3.13. The summed E-state index contributed by atoms with van der Waals surface area (Å²) in [6.07, 6.45) is -0.459. The van der Waals surface area contributed by atoms with Gasteiger partial charge in [-0.2, -0.15) is 0 Å². The molecule has 0 aliphatic carbocycles. The van der Waals surface area contributed by atoms with E-state index >= 15 is 0 Å². The first-order chi connectivity index (χ1) is 11.7. The minimum Gasteiger partial charge on any atom is -0.348 e. The molecule has 2 aromatic rings. The largest absolute Gasteiger partial charge is 0.348 e. The van der Waals surface area contributed by atoms with Gasteiger partial charge in [0.2, 0.25) is 17.6 Å². The van der Waals surface area contributed by atoms with Gasteiger partial charge in [0.1, 0.15) is 5.69 Å². The van der Waals surface area contributed by atoms with Crippen molar-refractivity contribution in [2.24, 2.45) is 0 Å². The van der Waals surface area contributed by atoms with Crippen molar-refractivity contribution in [3.63, 3.8) is 0 Å². The average molecular weight is 378 g/mol. The highest BCUT2D eigenvalue weighted by Gasteiger charge is 2.27. The summed E-state index contributed by atoms with van der Waals surface area (Å²) in [7, 11) is 0. The second-order valence-electron chi connectivity index (χ2n) is 4.97. The van der Waals surface area contributed by atoms with Crippen molar-refractivity contribution in [3.8, 4) is 0 Å². The highest BCUT2D eigenvalue weighted by molar-refractivity contribution is 7.10. The van der Waals surface area contributed by atoms with Crippen molar-refractivity contribution in [1.29, 1.82) is 0 Å². The van der Waals surface area contributed by atoms with Crippen LogP contribution in [0.2, 0.25) is 0 Å². The molecule has 2 rings (SSSR count). The number of amides is 2. The molecular weight excluding hydrogens is 367 g/mol. The Hall–Kier alpha value is -2.49. The zero-order valence-electron chi connectivity index (χ0n) is 12.6. The maximum Gasteiger partial charge on any atom is 0.226 e. The molecule has 10 heteroatoms. The Balaban J connectivity index is 2.23. The lowest BCUT2D eigenvalue weighted by molar-refractivity contribution is -0.120. The molecule has 0 saturated carbocycles. The van der Waals surface area contributed by atoms with Crippen molar-refractivity contribution in [2.45, 2.75) is 19.4 Å². The van der Waals surface area contributed by atoms with Gasteiger partial charge in [-0.25, -0.2) is 22.0 Å². The van der Waals surface area contributed by atoms with Gasteiger partial charge < -0.3 is 10.6 Å². The lowest BCUT2D eigenvalue weighted by atomic mass is 10.1. The lowest BCUT2D eigenvalue weighted by Gasteiger charge is -2.17. The van der Waals surface area contributed by atoms with E-state index in [1.807, 2.05) is 0 Å². The minimum absolute atomic E-state index is 0.456. The van der Waals surface area contributed by atoms with E-state index in [1.165, 1.54) is 18.3 Å². The molecule has 1 aromatic carbocycles. The highest BCUT2D eigenvalue weighted by Crippen LogP contribution is 2.28. The van der Waals surface area contributed by atoms with Gasteiger partial charge in [0, 0.05) is 11.8 Å². The smallest absolute Gasteiger partial charge is 0.226 e. The molecule has 4 nitrogen and oxygen atoms in total. The van der Waals surface area contributed by atoms with Crippen LogP contribution >= 0.6 is 11.3 Å². The lowest BCUT2D eigenvalue weighted by Crippen LogP contribution is -2.29. The quantitative estimate of drug-likeness (QED) is 0.474. The van der Waals surface area contributed by atoms with E-state index in [1.54, 1.807) is 22.8 Å². The van der Waals surface area contributed by atoms with E-state index in [0.29, 0.717) is 4.88 Å². The van der Waals surface area contributed by atoms with E-state index in [2.05, 4.69) is 5.32 Å².